The summed E-state index contributed by atoms with van der Waals surface area (Å²) in [5.41, 5.74) is 0.562. The zero-order chi connectivity index (χ0) is 15.8. The van der Waals surface area contributed by atoms with Crippen molar-refractivity contribution in [2.45, 2.75) is 43.8 Å². The topological polar surface area (TPSA) is 44.8 Å². The third-order valence-electron chi connectivity index (χ3n) is 4.15. The Bertz CT molecular complexity index is 541. The van der Waals surface area contributed by atoms with Crippen molar-refractivity contribution in [3.8, 4) is 0 Å². The first-order chi connectivity index (χ1) is 9.71. The number of benzene rings is 1. The van der Waals surface area contributed by atoms with Gasteiger partial charge in [0.05, 0.1) is 23.9 Å². The number of rotatable bonds is 3. The fourth-order valence-corrected chi connectivity index (χ4v) is 2.69. The van der Waals surface area contributed by atoms with Crippen molar-refractivity contribution in [2.24, 2.45) is 0 Å². The second-order valence-electron chi connectivity index (χ2n) is 6.04. The highest BCUT2D eigenvalue weighted by molar-refractivity contribution is 7.98. The van der Waals surface area contributed by atoms with Crippen LogP contribution < -0.4 is 5.46 Å². The molecule has 0 aliphatic carbocycles. The van der Waals surface area contributed by atoms with E-state index in [1.807, 2.05) is 46.1 Å². The van der Waals surface area contributed by atoms with Crippen LogP contribution in [-0.2, 0) is 14.0 Å². The van der Waals surface area contributed by atoms with Gasteiger partial charge in [-0.2, -0.15) is 0 Å². The first-order valence-corrected chi connectivity index (χ1v) is 8.06. The number of methoxy groups -OCH3 is 1. The van der Waals surface area contributed by atoms with Gasteiger partial charge in [0.1, 0.15) is 0 Å². The summed E-state index contributed by atoms with van der Waals surface area (Å²) >= 11 is 1.51. The maximum Gasteiger partial charge on any atom is 0.494 e. The fraction of sp³-hybridized carbons (Fsp3) is 0.533. The highest BCUT2D eigenvalue weighted by Crippen LogP contribution is 2.36. The van der Waals surface area contributed by atoms with Gasteiger partial charge in [-0.3, -0.25) is 0 Å². The number of ether oxygens (including phenoxy) is 1. The number of carbonyl (C=O) groups excluding carboxylic acids is 1. The quantitative estimate of drug-likeness (QED) is 0.488. The highest BCUT2D eigenvalue weighted by Gasteiger charge is 2.51. The van der Waals surface area contributed by atoms with E-state index < -0.39 is 18.3 Å². The van der Waals surface area contributed by atoms with Crippen molar-refractivity contribution in [1.82, 2.24) is 0 Å². The Morgan fingerprint density at radius 1 is 1.19 bits per heavy atom. The minimum Gasteiger partial charge on any atom is -0.465 e. The van der Waals surface area contributed by atoms with E-state index in [0.29, 0.717) is 5.56 Å². The molecule has 0 radical (unpaired) electrons. The third-order valence-corrected chi connectivity index (χ3v) is 4.95. The summed E-state index contributed by atoms with van der Waals surface area (Å²) in [4.78, 5) is 12.8. The van der Waals surface area contributed by atoms with E-state index in [0.717, 1.165) is 10.4 Å². The predicted molar refractivity (Wildman–Crippen MR) is 85.3 cm³/mol. The lowest BCUT2D eigenvalue weighted by atomic mass is 9.78. The van der Waals surface area contributed by atoms with Gasteiger partial charge in [0.2, 0.25) is 0 Å². The Morgan fingerprint density at radius 2 is 1.76 bits per heavy atom. The molecule has 1 aromatic carbocycles. The molecule has 1 heterocycles. The van der Waals surface area contributed by atoms with Gasteiger partial charge in [-0.15, -0.1) is 11.8 Å². The van der Waals surface area contributed by atoms with Gasteiger partial charge in [-0.1, -0.05) is 6.07 Å². The molecule has 0 bridgehead atoms. The Labute approximate surface area is 130 Å². The minimum absolute atomic E-state index is 0.349. The SMILES string of the molecule is COC(=O)c1cc(B2OC(C)(C)C(C)(C)O2)ccc1SC. The van der Waals surface area contributed by atoms with Crippen molar-refractivity contribution in [2.75, 3.05) is 13.4 Å². The first kappa shape index (κ1) is 16.4. The van der Waals surface area contributed by atoms with Crippen molar-refractivity contribution >= 4 is 30.3 Å². The molecule has 4 nitrogen and oxygen atoms in total. The van der Waals surface area contributed by atoms with E-state index in [-0.39, 0.29) is 5.97 Å². The van der Waals surface area contributed by atoms with Crippen LogP contribution in [-0.4, -0.2) is 37.7 Å². The summed E-state index contributed by atoms with van der Waals surface area (Å²) in [6, 6.07) is 5.62. The van der Waals surface area contributed by atoms with Crippen LogP contribution >= 0.6 is 11.8 Å². The van der Waals surface area contributed by atoms with Gasteiger partial charge in [-0.05, 0) is 51.5 Å². The summed E-state index contributed by atoms with van der Waals surface area (Å²) in [5.74, 6) is -0.349. The molecule has 0 unspecified atom stereocenters. The summed E-state index contributed by atoms with van der Waals surface area (Å²) in [7, 11) is 0.905. The highest BCUT2D eigenvalue weighted by atomic mass is 32.2. The zero-order valence-corrected chi connectivity index (χ0v) is 14.2. The average Bonchev–Trinajstić information content (AvgIpc) is 2.66. The molecule has 0 atom stereocenters. The predicted octanol–water partition coefficient (Wildman–Crippen LogP) is 2.49. The minimum atomic E-state index is -0.477. The molecule has 21 heavy (non-hydrogen) atoms. The molecule has 6 heteroatoms. The van der Waals surface area contributed by atoms with Crippen LogP contribution in [0.15, 0.2) is 23.1 Å². The van der Waals surface area contributed by atoms with Crippen molar-refractivity contribution < 1.29 is 18.8 Å². The number of hydrogen-bond donors (Lipinski definition) is 0. The molecule has 0 aromatic heterocycles. The number of hydrogen-bond acceptors (Lipinski definition) is 5. The van der Waals surface area contributed by atoms with Crippen molar-refractivity contribution in [1.29, 1.82) is 0 Å². The second-order valence-corrected chi connectivity index (χ2v) is 6.89. The van der Waals surface area contributed by atoms with E-state index in [4.69, 9.17) is 14.0 Å². The van der Waals surface area contributed by atoms with Crippen LogP contribution in [0.3, 0.4) is 0 Å². The van der Waals surface area contributed by atoms with Crippen molar-refractivity contribution in [3.05, 3.63) is 23.8 Å². The molecule has 1 saturated heterocycles. The van der Waals surface area contributed by atoms with Crippen molar-refractivity contribution in [3.63, 3.8) is 0 Å². The lowest BCUT2D eigenvalue weighted by molar-refractivity contribution is 0.00578. The summed E-state index contributed by atoms with van der Waals surface area (Å²) in [6.45, 7) is 8.02. The molecule has 1 aliphatic heterocycles. The van der Waals surface area contributed by atoms with Gasteiger partial charge in [0, 0.05) is 4.90 Å². The van der Waals surface area contributed by atoms with Crippen LogP contribution in [0.5, 0.6) is 0 Å². The lowest BCUT2D eigenvalue weighted by Crippen LogP contribution is -2.41. The molecule has 0 saturated carbocycles. The van der Waals surface area contributed by atoms with Gasteiger partial charge < -0.3 is 14.0 Å². The zero-order valence-electron chi connectivity index (χ0n) is 13.4. The molecule has 1 fully saturated rings. The Morgan fingerprint density at radius 3 is 2.24 bits per heavy atom. The molecule has 1 aliphatic rings. The number of carbonyl (C=O) groups is 1. The van der Waals surface area contributed by atoms with E-state index in [1.54, 1.807) is 6.07 Å². The van der Waals surface area contributed by atoms with E-state index >= 15 is 0 Å². The third kappa shape index (κ3) is 2.98. The maximum absolute atomic E-state index is 11.9. The Balaban J connectivity index is 2.36. The number of thioether (sulfide) groups is 1. The molecule has 2 rings (SSSR count). The van der Waals surface area contributed by atoms with Gasteiger partial charge in [-0.25, -0.2) is 4.79 Å². The fourth-order valence-electron chi connectivity index (χ4n) is 2.12. The first-order valence-electron chi connectivity index (χ1n) is 6.84. The Kier molecular flexibility index (Phi) is 4.43. The van der Waals surface area contributed by atoms with Crippen LogP contribution in [0.4, 0.5) is 0 Å². The smallest absolute Gasteiger partial charge is 0.465 e. The van der Waals surface area contributed by atoms with Gasteiger partial charge >= 0.3 is 13.1 Å². The van der Waals surface area contributed by atoms with E-state index in [2.05, 4.69) is 0 Å². The lowest BCUT2D eigenvalue weighted by Gasteiger charge is -2.32. The van der Waals surface area contributed by atoms with Gasteiger partial charge in [0.15, 0.2) is 0 Å². The second kappa shape index (κ2) is 5.67. The molecular formula is C15H21BO4S. The van der Waals surface area contributed by atoms with Gasteiger partial charge in [0.25, 0.3) is 0 Å². The monoisotopic (exact) mass is 308 g/mol. The van der Waals surface area contributed by atoms with E-state index in [9.17, 15) is 4.79 Å². The van der Waals surface area contributed by atoms with E-state index in [1.165, 1.54) is 18.9 Å². The summed E-state index contributed by atoms with van der Waals surface area (Å²) < 4.78 is 16.9. The summed E-state index contributed by atoms with van der Waals surface area (Å²) in [6.07, 6.45) is 1.93. The largest absolute Gasteiger partial charge is 0.494 e. The normalized spacial score (nSPS) is 19.6. The maximum atomic E-state index is 11.9. The Hall–Kier alpha value is -0.975. The molecule has 0 amide bonds. The molecule has 0 spiro atoms. The molecule has 0 N–H and O–H groups in total. The molecule has 114 valence electrons. The van der Waals surface area contributed by atoms with Crippen LogP contribution in [0.25, 0.3) is 0 Å². The standard InChI is InChI=1S/C15H21BO4S/c1-14(2)15(3,4)20-16(19-14)10-7-8-12(21-6)11(9-10)13(17)18-5/h7-9H,1-6H3. The summed E-state index contributed by atoms with van der Waals surface area (Å²) in [5, 5.41) is 0. The number of esters is 1. The van der Waals surface area contributed by atoms with Crippen LogP contribution in [0.2, 0.25) is 0 Å². The van der Waals surface area contributed by atoms with Crippen LogP contribution in [0, 0.1) is 0 Å². The average molecular weight is 308 g/mol. The van der Waals surface area contributed by atoms with Crippen LogP contribution in [0.1, 0.15) is 38.1 Å². The molecular weight excluding hydrogens is 287 g/mol. The molecule has 1 aromatic rings.